The zero-order chi connectivity index (χ0) is 21.5. The zero-order valence-corrected chi connectivity index (χ0v) is 25.9. The molecule has 0 aromatic rings. The minimum Gasteiger partial charge on any atom is -0.408 e. The normalized spacial score (nSPS) is 74.4. The van der Waals surface area contributed by atoms with E-state index in [1.54, 1.807) is 0 Å². The van der Waals surface area contributed by atoms with E-state index in [1.165, 1.54) is 0 Å². The number of hydrogen-bond acceptors (Lipinski definition) is 12. The highest BCUT2D eigenvalue weighted by Gasteiger charge is 3.04. The first-order chi connectivity index (χ1) is 13.5. The molecule has 20 heteroatoms. The van der Waals surface area contributed by atoms with Gasteiger partial charge in [-0.05, 0) is 13.1 Å². The number of rotatable bonds is 0. The van der Waals surface area contributed by atoms with Crippen LogP contribution in [0, 0.1) is 0 Å². The smallest absolute Gasteiger partial charge is 0.408 e. The van der Waals surface area contributed by atoms with Crippen molar-refractivity contribution >= 4 is 69.5 Å². The Bertz CT molecular complexity index is 799. The molecule has 7 aliphatic heterocycles. The van der Waals surface area contributed by atoms with Crippen molar-refractivity contribution in [3.8, 4) is 0 Å². The predicted molar refractivity (Wildman–Crippen MR) is 111 cm³/mol. The molecule has 168 valence electrons. The van der Waals surface area contributed by atoms with E-state index in [0.717, 1.165) is 0 Å². The van der Waals surface area contributed by atoms with E-state index in [2.05, 4.69) is 0 Å². The molecule has 0 aromatic heterocycles. The summed E-state index contributed by atoms with van der Waals surface area (Å²) in [6.45, 7) is 15.1. The molecule has 4 atom stereocenters. The third-order valence-corrected chi connectivity index (χ3v) is 46.7. The lowest BCUT2D eigenvalue weighted by atomic mass is 11.3. The summed E-state index contributed by atoms with van der Waals surface area (Å²) < 4.78 is 79.7. The van der Waals surface area contributed by atoms with Crippen molar-refractivity contribution in [2.45, 2.75) is 62.4 Å². The molecule has 0 radical (unpaired) electrons. The van der Waals surface area contributed by atoms with Gasteiger partial charge in [-0.15, -0.1) is 0 Å². The highest BCUT2D eigenvalue weighted by atomic mass is 28.6. The van der Waals surface area contributed by atoms with Crippen LogP contribution in [0.2, 0.25) is 52.4 Å². The van der Waals surface area contributed by atoms with Crippen LogP contribution in [0.3, 0.4) is 0 Å². The summed E-state index contributed by atoms with van der Waals surface area (Å²) in [6.07, 6.45) is 0. The van der Waals surface area contributed by atoms with Crippen LogP contribution in [0.5, 0.6) is 0 Å². The molecule has 4 unspecified atom stereocenters. The Kier molecular flexibility index (Phi) is 3.32. The molecule has 12 nitrogen and oxygen atoms in total. The summed E-state index contributed by atoms with van der Waals surface area (Å²) in [5.41, 5.74) is 0. The van der Waals surface area contributed by atoms with E-state index in [1.807, 2.05) is 52.4 Å². The Morgan fingerprint density at radius 2 is 0.567 bits per heavy atom. The zero-order valence-electron chi connectivity index (χ0n) is 17.9. The molecule has 10 bridgehead atoms. The molecule has 0 amide bonds. The lowest BCUT2D eigenvalue weighted by molar-refractivity contribution is -0.185. The van der Waals surface area contributed by atoms with Gasteiger partial charge < -0.3 is 50.6 Å². The predicted octanol–water partition coefficient (Wildman–Crippen LogP) is 0.393. The van der Waals surface area contributed by atoms with Gasteiger partial charge >= 0.3 is 69.5 Å². The van der Waals surface area contributed by atoms with Crippen LogP contribution < -0.4 is 0 Å². The molecular weight excluding hydrogens is 537 g/mol. The second-order valence-electron chi connectivity index (χ2n) is 9.70. The van der Waals surface area contributed by atoms with Gasteiger partial charge in [-0.2, -0.15) is 0 Å². The van der Waals surface area contributed by atoms with Crippen molar-refractivity contribution in [1.29, 1.82) is 0 Å². The summed E-state index contributed by atoms with van der Waals surface area (Å²) >= 11 is 0. The SMILES string of the molecule is C[Si]12OC34O[Si](C)(O1)O[Si]1(C)O[Si]5(C)OC6(O[Si](C)(O5)O[Si](C)(O2)O[Si]36C)[Si]4(C)O1. The van der Waals surface area contributed by atoms with E-state index < -0.39 is 79.5 Å². The van der Waals surface area contributed by atoms with Gasteiger partial charge in [0.15, 0.2) is 10.1 Å². The maximum Gasteiger partial charge on any atom is 0.484 e. The maximum atomic E-state index is 6.86. The molecule has 7 heterocycles. The van der Waals surface area contributed by atoms with Crippen molar-refractivity contribution in [3.63, 3.8) is 0 Å². The summed E-state index contributed by atoms with van der Waals surface area (Å²) in [5, 5.41) is -2.34. The van der Waals surface area contributed by atoms with E-state index in [-0.39, 0.29) is 0 Å². The fraction of sp³-hybridized carbons (Fsp3) is 1.00. The molecule has 2 spiro atoms. The van der Waals surface area contributed by atoms with Crippen molar-refractivity contribution < 1.29 is 50.6 Å². The van der Waals surface area contributed by atoms with E-state index in [9.17, 15) is 0 Å². The van der Waals surface area contributed by atoms with Crippen LogP contribution in [-0.4, -0.2) is 79.5 Å². The Balaban J connectivity index is 1.63. The molecule has 0 saturated carbocycles. The van der Waals surface area contributed by atoms with Gasteiger partial charge in [0.2, 0.25) is 0 Å². The van der Waals surface area contributed by atoms with Crippen LogP contribution in [0.1, 0.15) is 0 Å². The minimum atomic E-state index is -3.34. The summed E-state index contributed by atoms with van der Waals surface area (Å²) in [6, 6.07) is 0. The highest BCUT2D eigenvalue weighted by Crippen LogP contribution is 2.71. The monoisotopic (exact) mass is 560 g/mol. The van der Waals surface area contributed by atoms with Crippen LogP contribution in [-0.2, 0) is 50.6 Å². The molecule has 30 heavy (non-hydrogen) atoms. The van der Waals surface area contributed by atoms with Gasteiger partial charge in [-0.25, -0.2) is 0 Å². The quantitative estimate of drug-likeness (QED) is 0.382. The van der Waals surface area contributed by atoms with Crippen molar-refractivity contribution in [2.24, 2.45) is 0 Å². The van der Waals surface area contributed by atoms with Gasteiger partial charge in [0.05, 0.1) is 0 Å². The van der Waals surface area contributed by atoms with Crippen LogP contribution in [0.4, 0.5) is 0 Å². The van der Waals surface area contributed by atoms with Crippen LogP contribution >= 0.6 is 0 Å². The number of hydrogen-bond donors (Lipinski definition) is 0. The van der Waals surface area contributed by atoms with Gasteiger partial charge in [0.25, 0.3) is 0 Å². The second kappa shape index (κ2) is 4.83. The first-order valence-corrected chi connectivity index (χ1v) is 28.1. The average Bonchev–Trinajstić information content (AvgIpc) is 2.60. The van der Waals surface area contributed by atoms with Gasteiger partial charge in [-0.1, -0.05) is 0 Å². The molecular formula is C10H24O12Si8. The summed E-state index contributed by atoms with van der Waals surface area (Å²) in [4.78, 5) is 0. The average molecular weight is 561 g/mol. The number of fused-ring (bicyclic) bond motifs is 6. The van der Waals surface area contributed by atoms with E-state index in [4.69, 9.17) is 50.6 Å². The lowest BCUT2D eigenvalue weighted by Gasteiger charge is -2.74. The minimum absolute atomic E-state index is 1.17. The topological polar surface area (TPSA) is 111 Å². The molecule has 7 saturated heterocycles. The first-order valence-electron chi connectivity index (χ1n) is 9.90. The highest BCUT2D eigenvalue weighted by molar-refractivity contribution is 7.21. The van der Waals surface area contributed by atoms with Gasteiger partial charge in [-0.3, -0.25) is 0 Å². The Hall–Kier alpha value is 1.26. The maximum absolute atomic E-state index is 6.86. The van der Waals surface area contributed by atoms with E-state index >= 15 is 0 Å². The summed E-state index contributed by atoms with van der Waals surface area (Å²) in [5.74, 6) is 0. The van der Waals surface area contributed by atoms with Crippen LogP contribution in [0.15, 0.2) is 0 Å². The van der Waals surface area contributed by atoms with Gasteiger partial charge in [0, 0.05) is 39.3 Å². The van der Waals surface area contributed by atoms with Gasteiger partial charge in [0.1, 0.15) is 0 Å². The Morgan fingerprint density at radius 1 is 0.333 bits per heavy atom. The Morgan fingerprint density at radius 3 is 0.833 bits per heavy atom. The van der Waals surface area contributed by atoms with E-state index in [0.29, 0.717) is 0 Å². The molecule has 7 aliphatic rings. The fourth-order valence-corrected chi connectivity index (χ4v) is 61.7. The Labute approximate surface area is 182 Å². The van der Waals surface area contributed by atoms with Crippen molar-refractivity contribution in [3.05, 3.63) is 0 Å². The fourth-order valence-electron chi connectivity index (χ4n) is 6.55. The van der Waals surface area contributed by atoms with Crippen LogP contribution in [0.25, 0.3) is 0 Å². The molecule has 7 rings (SSSR count). The molecule has 0 N–H and O–H groups in total. The summed E-state index contributed by atoms with van der Waals surface area (Å²) in [7, 11) is -26.4. The molecule has 7 fully saturated rings. The largest absolute Gasteiger partial charge is 0.484 e. The third-order valence-electron chi connectivity index (χ3n) is 6.83. The standard InChI is InChI=1S/C10H24O12Si8/c1-23-9-11-25(3)17-27(5,13-9)21-30(8)16-24(9,2)10(23)12-26(4,18-28(6,14-10)22-30)20-29(7,15-23)19-25/h1-8H3. The molecule has 0 aromatic carbocycles. The second-order valence-corrected chi connectivity index (χ2v) is 35.2. The lowest BCUT2D eigenvalue weighted by Crippen LogP contribution is -3.06. The molecule has 0 aliphatic carbocycles. The third kappa shape index (κ3) is 1.96. The van der Waals surface area contributed by atoms with Crippen molar-refractivity contribution in [1.82, 2.24) is 0 Å². The first kappa shape index (κ1) is 20.6. The van der Waals surface area contributed by atoms with Crippen molar-refractivity contribution in [2.75, 3.05) is 0 Å².